The Kier molecular flexibility index (Phi) is 2.58. The number of esters is 1. The van der Waals surface area contributed by atoms with Gasteiger partial charge in [0.1, 0.15) is 5.60 Å². The van der Waals surface area contributed by atoms with Crippen LogP contribution in [0.1, 0.15) is 34.6 Å². The summed E-state index contributed by atoms with van der Waals surface area (Å²) in [6.45, 7) is 8.88. The van der Waals surface area contributed by atoms with Crippen LogP contribution in [0.4, 0.5) is 0 Å². The van der Waals surface area contributed by atoms with E-state index in [2.05, 4.69) is 0 Å². The minimum absolute atomic E-state index is 0.403. The molecule has 0 saturated heterocycles. The van der Waals surface area contributed by atoms with Crippen molar-refractivity contribution in [3.8, 4) is 0 Å². The molecule has 0 aliphatic heterocycles. The Hall–Kier alpha value is -1.06. The van der Waals surface area contributed by atoms with Crippen molar-refractivity contribution in [1.82, 2.24) is 0 Å². The lowest BCUT2D eigenvalue weighted by Crippen LogP contribution is -2.26. The number of hydrogen-bond acceptors (Lipinski definition) is 3. The Bertz CT molecular complexity index is 298. The molecule has 0 heterocycles. The van der Waals surface area contributed by atoms with E-state index in [4.69, 9.17) is 9.84 Å². The van der Waals surface area contributed by atoms with Gasteiger partial charge in [-0.2, -0.15) is 0 Å². The van der Waals surface area contributed by atoms with Gasteiger partial charge in [0.15, 0.2) is 0 Å². The third-order valence-corrected chi connectivity index (χ3v) is 2.75. The molecule has 0 aromatic rings. The molecular weight excluding hydrogens is 196 g/mol. The van der Waals surface area contributed by atoms with E-state index in [9.17, 15) is 9.59 Å². The Morgan fingerprint density at radius 3 is 1.93 bits per heavy atom. The standard InChI is InChI=1S/C11H18O4/c1-10(2,3)15-9(14)7-6(8(12)13)11(7,4)5/h6-7H,1-5H3,(H,12,13)/t6-,7-/m0/s1. The quantitative estimate of drug-likeness (QED) is 0.710. The van der Waals surface area contributed by atoms with E-state index in [1.807, 2.05) is 0 Å². The van der Waals surface area contributed by atoms with Crippen molar-refractivity contribution in [3.05, 3.63) is 0 Å². The van der Waals surface area contributed by atoms with Crippen LogP contribution in [0.15, 0.2) is 0 Å². The molecule has 0 aromatic carbocycles. The number of carboxylic acid groups (broad SMARTS) is 1. The second-order valence-corrected chi connectivity index (χ2v) is 5.65. The molecule has 1 fully saturated rings. The molecule has 0 unspecified atom stereocenters. The van der Waals surface area contributed by atoms with Gasteiger partial charge in [0.2, 0.25) is 0 Å². The maximum Gasteiger partial charge on any atom is 0.310 e. The largest absolute Gasteiger partial charge is 0.481 e. The van der Waals surface area contributed by atoms with Crippen molar-refractivity contribution >= 4 is 11.9 Å². The highest BCUT2D eigenvalue weighted by atomic mass is 16.6. The van der Waals surface area contributed by atoms with Gasteiger partial charge < -0.3 is 9.84 Å². The fourth-order valence-corrected chi connectivity index (χ4v) is 1.90. The summed E-state index contributed by atoms with van der Waals surface area (Å²) in [6, 6.07) is 0. The lowest BCUT2D eigenvalue weighted by molar-refractivity contribution is -0.159. The van der Waals surface area contributed by atoms with Gasteiger partial charge in [-0.1, -0.05) is 13.8 Å². The maximum absolute atomic E-state index is 11.7. The summed E-state index contributed by atoms with van der Waals surface area (Å²) >= 11 is 0. The first kappa shape index (κ1) is 12.0. The van der Waals surface area contributed by atoms with E-state index in [-0.39, 0.29) is 0 Å². The number of aliphatic carboxylic acids is 1. The lowest BCUT2D eigenvalue weighted by Gasteiger charge is -2.19. The van der Waals surface area contributed by atoms with Crippen LogP contribution in [0.3, 0.4) is 0 Å². The minimum atomic E-state index is -0.921. The van der Waals surface area contributed by atoms with Gasteiger partial charge in [-0.25, -0.2) is 0 Å². The highest BCUT2D eigenvalue weighted by molar-refractivity contribution is 5.88. The Labute approximate surface area is 89.6 Å². The molecule has 2 atom stereocenters. The summed E-state index contributed by atoms with van der Waals surface area (Å²) < 4.78 is 5.18. The molecule has 1 rings (SSSR count). The molecule has 1 aliphatic carbocycles. The van der Waals surface area contributed by atoms with Crippen LogP contribution < -0.4 is 0 Å². The minimum Gasteiger partial charge on any atom is -0.481 e. The SMILES string of the molecule is CC(C)(C)OC(=O)[C@@H]1[C@@H](C(=O)O)C1(C)C. The van der Waals surface area contributed by atoms with Crippen LogP contribution in [-0.4, -0.2) is 22.6 Å². The molecule has 15 heavy (non-hydrogen) atoms. The fraction of sp³-hybridized carbons (Fsp3) is 0.818. The van der Waals surface area contributed by atoms with Gasteiger partial charge in [0, 0.05) is 0 Å². The zero-order valence-electron chi connectivity index (χ0n) is 9.83. The van der Waals surface area contributed by atoms with Crippen molar-refractivity contribution in [1.29, 1.82) is 0 Å². The van der Waals surface area contributed by atoms with E-state index in [1.54, 1.807) is 34.6 Å². The van der Waals surface area contributed by atoms with E-state index in [0.29, 0.717) is 0 Å². The molecule has 0 aromatic heterocycles. The number of carboxylic acids is 1. The molecular formula is C11H18O4. The predicted molar refractivity (Wildman–Crippen MR) is 54.2 cm³/mol. The van der Waals surface area contributed by atoms with Crippen LogP contribution in [0.25, 0.3) is 0 Å². The zero-order valence-corrected chi connectivity index (χ0v) is 9.83. The average Bonchev–Trinajstić information content (AvgIpc) is 2.49. The van der Waals surface area contributed by atoms with E-state index < -0.39 is 34.8 Å². The topological polar surface area (TPSA) is 63.6 Å². The van der Waals surface area contributed by atoms with Crippen molar-refractivity contribution < 1.29 is 19.4 Å². The van der Waals surface area contributed by atoms with Gasteiger partial charge in [0.05, 0.1) is 11.8 Å². The Morgan fingerprint density at radius 2 is 1.67 bits per heavy atom. The summed E-state index contributed by atoms with van der Waals surface area (Å²) in [4.78, 5) is 22.5. The third-order valence-electron chi connectivity index (χ3n) is 2.75. The van der Waals surface area contributed by atoms with E-state index >= 15 is 0 Å². The molecule has 0 amide bonds. The van der Waals surface area contributed by atoms with Gasteiger partial charge in [-0.05, 0) is 26.2 Å². The number of carbonyl (C=O) groups is 2. The second-order valence-electron chi connectivity index (χ2n) is 5.65. The Morgan fingerprint density at radius 1 is 1.20 bits per heavy atom. The number of hydrogen-bond donors (Lipinski definition) is 1. The summed E-state index contributed by atoms with van der Waals surface area (Å²) in [5, 5.41) is 8.90. The number of ether oxygens (including phenoxy) is 1. The average molecular weight is 214 g/mol. The van der Waals surface area contributed by atoms with Crippen molar-refractivity contribution in [2.75, 3.05) is 0 Å². The molecule has 4 heteroatoms. The monoisotopic (exact) mass is 214 g/mol. The van der Waals surface area contributed by atoms with Gasteiger partial charge in [-0.3, -0.25) is 9.59 Å². The molecule has 0 bridgehead atoms. The highest BCUT2D eigenvalue weighted by Gasteiger charge is 2.67. The van der Waals surface area contributed by atoms with Crippen LogP contribution in [-0.2, 0) is 14.3 Å². The maximum atomic E-state index is 11.7. The van der Waals surface area contributed by atoms with Crippen LogP contribution >= 0.6 is 0 Å². The molecule has 86 valence electrons. The fourth-order valence-electron chi connectivity index (χ4n) is 1.90. The summed E-state index contributed by atoms with van der Waals surface area (Å²) in [5.41, 5.74) is -1.03. The first-order valence-electron chi connectivity index (χ1n) is 5.03. The summed E-state index contributed by atoms with van der Waals surface area (Å²) in [5.74, 6) is -2.43. The van der Waals surface area contributed by atoms with Crippen molar-refractivity contribution in [2.24, 2.45) is 17.3 Å². The molecule has 1 aliphatic rings. The van der Waals surface area contributed by atoms with E-state index in [1.165, 1.54) is 0 Å². The van der Waals surface area contributed by atoms with E-state index in [0.717, 1.165) is 0 Å². The molecule has 4 nitrogen and oxygen atoms in total. The van der Waals surface area contributed by atoms with Gasteiger partial charge in [0.25, 0.3) is 0 Å². The number of carbonyl (C=O) groups excluding carboxylic acids is 1. The Balaban J connectivity index is 2.69. The van der Waals surface area contributed by atoms with Crippen molar-refractivity contribution in [2.45, 2.75) is 40.2 Å². The van der Waals surface area contributed by atoms with Gasteiger partial charge in [-0.15, -0.1) is 0 Å². The first-order valence-corrected chi connectivity index (χ1v) is 5.03. The normalized spacial score (nSPS) is 28.3. The molecule has 0 radical (unpaired) electrons. The van der Waals surface area contributed by atoms with Crippen molar-refractivity contribution in [3.63, 3.8) is 0 Å². The van der Waals surface area contributed by atoms with Crippen LogP contribution in [0.5, 0.6) is 0 Å². The van der Waals surface area contributed by atoms with Crippen LogP contribution in [0.2, 0.25) is 0 Å². The molecule has 0 spiro atoms. The molecule has 1 N–H and O–H groups in total. The first-order chi connectivity index (χ1) is 6.57. The predicted octanol–water partition coefficient (Wildman–Crippen LogP) is 1.68. The summed E-state index contributed by atoms with van der Waals surface area (Å²) in [7, 11) is 0. The zero-order chi connectivity index (χ0) is 12.0. The lowest BCUT2D eigenvalue weighted by atomic mass is 10.1. The second kappa shape index (κ2) is 3.22. The van der Waals surface area contributed by atoms with Crippen LogP contribution in [0, 0.1) is 17.3 Å². The van der Waals surface area contributed by atoms with Gasteiger partial charge >= 0.3 is 11.9 Å². The molecule has 1 saturated carbocycles. The number of rotatable bonds is 2. The highest BCUT2D eigenvalue weighted by Crippen LogP contribution is 2.59. The summed E-state index contributed by atoms with van der Waals surface area (Å²) in [6.07, 6.45) is 0. The third kappa shape index (κ3) is 2.30. The smallest absolute Gasteiger partial charge is 0.310 e.